The summed E-state index contributed by atoms with van der Waals surface area (Å²) >= 11 is 0. The first-order valence-electron chi connectivity index (χ1n) is 12.3. The summed E-state index contributed by atoms with van der Waals surface area (Å²) in [5.74, 6) is -3.83. The number of unbranched alkanes of at least 4 members (excludes halogenated alkanes) is 1. The molecule has 0 bridgehead atoms. The predicted octanol–water partition coefficient (Wildman–Crippen LogP) is -1.74. The Morgan fingerprint density at radius 1 is 0.973 bits per heavy atom. The number of amides is 4. The molecule has 0 saturated heterocycles. The van der Waals surface area contributed by atoms with Crippen LogP contribution in [0.4, 0.5) is 0 Å². The molecule has 208 valence electrons. The first kappa shape index (κ1) is 31.5. The van der Waals surface area contributed by atoms with E-state index in [0.717, 1.165) is 0 Å². The number of H-pyrrole nitrogens is 1. The van der Waals surface area contributed by atoms with E-state index in [2.05, 4.69) is 25.9 Å². The number of carboxylic acid groups (broad SMARTS) is 1. The summed E-state index contributed by atoms with van der Waals surface area (Å²) in [5.41, 5.74) is 17.1. The van der Waals surface area contributed by atoms with Crippen molar-refractivity contribution in [3.05, 3.63) is 18.2 Å². The molecule has 1 rings (SSSR count). The molecule has 0 aliphatic carbocycles. The molecule has 14 nitrogen and oxygen atoms in total. The number of carbonyl (C=O) groups is 5. The van der Waals surface area contributed by atoms with Crippen molar-refractivity contribution in [3.63, 3.8) is 0 Å². The number of aliphatic carboxylic acids is 1. The van der Waals surface area contributed by atoms with Gasteiger partial charge < -0.3 is 43.2 Å². The molecule has 1 heterocycles. The zero-order valence-corrected chi connectivity index (χ0v) is 21.4. The van der Waals surface area contributed by atoms with Crippen LogP contribution in [0.3, 0.4) is 0 Å². The number of aromatic nitrogens is 2. The zero-order valence-electron chi connectivity index (χ0n) is 21.4. The lowest BCUT2D eigenvalue weighted by Crippen LogP contribution is -2.57. The van der Waals surface area contributed by atoms with Gasteiger partial charge in [0.1, 0.15) is 18.1 Å². The second-order valence-corrected chi connectivity index (χ2v) is 9.33. The van der Waals surface area contributed by atoms with Gasteiger partial charge in [0.2, 0.25) is 23.6 Å². The molecule has 0 saturated carbocycles. The van der Waals surface area contributed by atoms with E-state index < -0.39 is 53.8 Å². The molecular formula is C23H40N8O6. The fourth-order valence-corrected chi connectivity index (χ4v) is 3.57. The Hall–Kier alpha value is -3.52. The normalized spacial score (nSPS) is 14.3. The highest BCUT2D eigenvalue weighted by atomic mass is 16.4. The number of imidazole rings is 1. The number of nitrogens with two attached hydrogens (primary N) is 3. The minimum Gasteiger partial charge on any atom is -0.480 e. The second-order valence-electron chi connectivity index (χ2n) is 9.33. The maximum absolute atomic E-state index is 13.2. The van der Waals surface area contributed by atoms with Gasteiger partial charge in [-0.15, -0.1) is 0 Å². The number of hydrogen-bond donors (Lipinski definition) is 8. The summed E-state index contributed by atoms with van der Waals surface area (Å²) in [5, 5.41) is 17.1. The Bertz CT molecular complexity index is 892. The predicted molar refractivity (Wildman–Crippen MR) is 134 cm³/mol. The third kappa shape index (κ3) is 12.3. The van der Waals surface area contributed by atoms with Crippen LogP contribution in [0.5, 0.6) is 0 Å². The highest BCUT2D eigenvalue weighted by molar-refractivity contribution is 5.94. The van der Waals surface area contributed by atoms with Crippen LogP contribution in [-0.2, 0) is 30.4 Å². The van der Waals surface area contributed by atoms with Gasteiger partial charge in [0.05, 0.1) is 12.4 Å². The quantitative estimate of drug-likeness (QED) is 0.101. The Morgan fingerprint density at radius 3 is 2.14 bits per heavy atom. The molecule has 14 heteroatoms. The van der Waals surface area contributed by atoms with E-state index in [4.69, 9.17) is 17.2 Å². The van der Waals surface area contributed by atoms with Crippen LogP contribution in [0.1, 0.15) is 58.1 Å². The van der Waals surface area contributed by atoms with Crippen LogP contribution in [0.15, 0.2) is 12.5 Å². The fraction of sp³-hybridized carbons (Fsp3) is 0.652. The molecule has 0 fully saturated rings. The van der Waals surface area contributed by atoms with Gasteiger partial charge in [0, 0.05) is 24.7 Å². The van der Waals surface area contributed by atoms with Gasteiger partial charge in [0.25, 0.3) is 0 Å². The van der Waals surface area contributed by atoms with Gasteiger partial charge in [0.15, 0.2) is 0 Å². The monoisotopic (exact) mass is 524 g/mol. The van der Waals surface area contributed by atoms with E-state index in [1.807, 2.05) is 13.8 Å². The van der Waals surface area contributed by atoms with Gasteiger partial charge in [-0.1, -0.05) is 13.8 Å². The number of carboxylic acids is 1. The van der Waals surface area contributed by atoms with Crippen molar-refractivity contribution in [2.45, 2.75) is 83.0 Å². The van der Waals surface area contributed by atoms with Crippen molar-refractivity contribution in [2.75, 3.05) is 6.54 Å². The molecule has 0 spiro atoms. The third-order valence-electron chi connectivity index (χ3n) is 5.55. The molecule has 4 amide bonds. The van der Waals surface area contributed by atoms with E-state index >= 15 is 0 Å². The average molecular weight is 525 g/mol. The summed E-state index contributed by atoms with van der Waals surface area (Å²) in [4.78, 5) is 68.5. The van der Waals surface area contributed by atoms with Crippen molar-refractivity contribution in [1.29, 1.82) is 0 Å². The third-order valence-corrected chi connectivity index (χ3v) is 5.55. The molecule has 0 radical (unpaired) electrons. The Balaban J connectivity index is 3.06. The van der Waals surface area contributed by atoms with Crippen LogP contribution in [0, 0.1) is 5.92 Å². The van der Waals surface area contributed by atoms with E-state index in [1.165, 1.54) is 12.5 Å². The number of hydrogen-bond acceptors (Lipinski definition) is 8. The smallest absolute Gasteiger partial charge is 0.326 e. The molecule has 1 aromatic rings. The van der Waals surface area contributed by atoms with Crippen molar-refractivity contribution in [3.8, 4) is 0 Å². The maximum Gasteiger partial charge on any atom is 0.326 e. The molecular weight excluding hydrogens is 484 g/mol. The summed E-state index contributed by atoms with van der Waals surface area (Å²) in [6.45, 7) is 4.17. The average Bonchev–Trinajstić information content (AvgIpc) is 3.32. The number of rotatable bonds is 18. The van der Waals surface area contributed by atoms with Crippen LogP contribution in [-0.4, -0.2) is 75.4 Å². The molecule has 1 aromatic heterocycles. The van der Waals surface area contributed by atoms with E-state index in [0.29, 0.717) is 31.5 Å². The Labute approximate surface area is 215 Å². The minimum absolute atomic E-state index is 0.0317. The largest absolute Gasteiger partial charge is 0.480 e. The summed E-state index contributed by atoms with van der Waals surface area (Å²) in [6, 6.07) is -4.46. The van der Waals surface area contributed by atoms with Gasteiger partial charge >= 0.3 is 5.97 Å². The van der Waals surface area contributed by atoms with Crippen molar-refractivity contribution >= 4 is 29.6 Å². The SMILES string of the molecule is CC(C)CC(N)C(=O)NC(CCC(N)=O)C(=O)NC(Cc1cnc[nH]1)C(=O)NC(CCCCN)C(=O)O. The lowest BCUT2D eigenvalue weighted by molar-refractivity contribution is -0.142. The van der Waals surface area contributed by atoms with Gasteiger partial charge in [-0.05, 0) is 44.6 Å². The highest BCUT2D eigenvalue weighted by Crippen LogP contribution is 2.07. The first-order valence-corrected chi connectivity index (χ1v) is 12.3. The standard InChI is InChI=1S/C23H40N8O6/c1-13(2)9-15(25)20(33)29-16(6-7-19(26)32)21(34)31-18(10-14-11-27-12-28-14)22(35)30-17(23(36)37)5-3-4-8-24/h11-13,15-18H,3-10,24-25H2,1-2H3,(H2,26,32)(H,27,28)(H,29,33)(H,30,35)(H,31,34)(H,36,37). The van der Waals surface area contributed by atoms with E-state index in [1.54, 1.807) is 0 Å². The molecule has 4 unspecified atom stereocenters. The minimum atomic E-state index is -1.22. The molecule has 0 aromatic carbocycles. The maximum atomic E-state index is 13.2. The van der Waals surface area contributed by atoms with Crippen molar-refractivity contribution in [1.82, 2.24) is 25.9 Å². The molecule has 0 aliphatic rings. The first-order chi connectivity index (χ1) is 17.4. The second kappa shape index (κ2) is 16.3. The van der Waals surface area contributed by atoms with Crippen LogP contribution >= 0.6 is 0 Å². The lowest BCUT2D eigenvalue weighted by atomic mass is 10.0. The number of primary amides is 1. The van der Waals surface area contributed by atoms with Crippen LogP contribution in [0.2, 0.25) is 0 Å². The lowest BCUT2D eigenvalue weighted by Gasteiger charge is -2.25. The number of nitrogens with zero attached hydrogens (tertiary/aromatic N) is 1. The van der Waals surface area contributed by atoms with Gasteiger partial charge in [-0.3, -0.25) is 19.2 Å². The van der Waals surface area contributed by atoms with Gasteiger partial charge in [-0.25, -0.2) is 9.78 Å². The number of aromatic amines is 1. The summed E-state index contributed by atoms with van der Waals surface area (Å²) < 4.78 is 0. The summed E-state index contributed by atoms with van der Waals surface area (Å²) in [6.07, 6.45) is 4.13. The molecule has 11 N–H and O–H groups in total. The number of nitrogens with one attached hydrogen (secondary N) is 4. The Morgan fingerprint density at radius 2 is 1.59 bits per heavy atom. The Kier molecular flexibility index (Phi) is 13.9. The summed E-state index contributed by atoms with van der Waals surface area (Å²) in [7, 11) is 0. The zero-order chi connectivity index (χ0) is 28.0. The number of carbonyl (C=O) groups excluding carboxylic acids is 4. The molecule has 37 heavy (non-hydrogen) atoms. The van der Waals surface area contributed by atoms with Crippen LogP contribution in [0.25, 0.3) is 0 Å². The molecule has 4 atom stereocenters. The molecule has 0 aliphatic heterocycles. The highest BCUT2D eigenvalue weighted by Gasteiger charge is 2.31. The van der Waals surface area contributed by atoms with E-state index in [-0.39, 0.29) is 31.6 Å². The van der Waals surface area contributed by atoms with Gasteiger partial charge in [-0.2, -0.15) is 0 Å². The van der Waals surface area contributed by atoms with Crippen molar-refractivity contribution < 1.29 is 29.1 Å². The van der Waals surface area contributed by atoms with E-state index in [9.17, 15) is 29.1 Å². The van der Waals surface area contributed by atoms with Crippen LogP contribution < -0.4 is 33.2 Å². The topological polar surface area (TPSA) is 248 Å². The fourth-order valence-electron chi connectivity index (χ4n) is 3.57. The van der Waals surface area contributed by atoms with Crippen molar-refractivity contribution in [2.24, 2.45) is 23.1 Å².